The molecule has 0 unspecified atom stereocenters. The summed E-state index contributed by atoms with van der Waals surface area (Å²) in [6.07, 6.45) is -3.75. The molecule has 0 amide bonds. The zero-order valence-corrected chi connectivity index (χ0v) is 11.2. The highest BCUT2D eigenvalue weighted by molar-refractivity contribution is 7.16. The van der Waals surface area contributed by atoms with Crippen LogP contribution >= 0.6 is 34.3 Å². The fourth-order valence-electron chi connectivity index (χ4n) is 1.19. The first-order valence-electron chi connectivity index (χ1n) is 4.84. The molecule has 0 aromatic carbocycles. The molecule has 0 saturated heterocycles. The van der Waals surface area contributed by atoms with Crippen molar-refractivity contribution in [2.75, 3.05) is 11.9 Å². The van der Waals surface area contributed by atoms with E-state index in [1.54, 1.807) is 6.07 Å². The van der Waals surface area contributed by atoms with Crippen molar-refractivity contribution in [1.29, 1.82) is 0 Å². The van der Waals surface area contributed by atoms with Gasteiger partial charge in [0.2, 0.25) is 10.1 Å². The Labute approximate surface area is 114 Å². The molecule has 0 fully saturated rings. The van der Waals surface area contributed by atoms with Gasteiger partial charge in [0.25, 0.3) is 0 Å². The standard InChI is InChI=1S/C9H7ClF3N3S2/c10-6-2-1-5(17-6)3-4-14-8-16-15-7(18-8)9(11,12)13/h1-2H,3-4H2,(H,14,16). The molecule has 2 rings (SSSR count). The van der Waals surface area contributed by atoms with Crippen molar-refractivity contribution in [2.24, 2.45) is 0 Å². The summed E-state index contributed by atoms with van der Waals surface area (Å²) in [6.45, 7) is 0.489. The number of rotatable bonds is 4. The lowest BCUT2D eigenvalue weighted by atomic mass is 10.3. The third kappa shape index (κ3) is 3.56. The zero-order chi connectivity index (χ0) is 13.2. The number of alkyl halides is 3. The number of halogens is 4. The van der Waals surface area contributed by atoms with Gasteiger partial charge in [0, 0.05) is 11.4 Å². The smallest absolute Gasteiger partial charge is 0.360 e. The Balaban J connectivity index is 1.85. The molecular weight excluding hydrogens is 307 g/mol. The van der Waals surface area contributed by atoms with Gasteiger partial charge in [-0.3, -0.25) is 0 Å². The summed E-state index contributed by atoms with van der Waals surface area (Å²) >= 11 is 7.71. The van der Waals surface area contributed by atoms with E-state index in [1.165, 1.54) is 11.3 Å². The van der Waals surface area contributed by atoms with Crippen LogP contribution in [0.4, 0.5) is 18.3 Å². The van der Waals surface area contributed by atoms with Crippen molar-refractivity contribution in [2.45, 2.75) is 12.6 Å². The van der Waals surface area contributed by atoms with Gasteiger partial charge in [-0.2, -0.15) is 13.2 Å². The van der Waals surface area contributed by atoms with E-state index < -0.39 is 11.2 Å². The minimum absolute atomic E-state index is 0.171. The molecule has 0 aliphatic heterocycles. The van der Waals surface area contributed by atoms with Crippen LogP contribution in [0, 0.1) is 0 Å². The average molecular weight is 314 g/mol. The zero-order valence-electron chi connectivity index (χ0n) is 8.79. The molecule has 9 heteroatoms. The number of thiophene rings is 1. The lowest BCUT2D eigenvalue weighted by Gasteiger charge is -2.00. The molecule has 2 aromatic rings. The van der Waals surface area contributed by atoms with Crippen LogP contribution in [0.3, 0.4) is 0 Å². The molecule has 0 aliphatic carbocycles. The summed E-state index contributed by atoms with van der Waals surface area (Å²) in [5, 5.41) is 8.55. The molecule has 2 heterocycles. The maximum Gasteiger partial charge on any atom is 0.445 e. The molecule has 18 heavy (non-hydrogen) atoms. The first-order valence-corrected chi connectivity index (χ1v) is 6.85. The molecular formula is C9H7ClF3N3S2. The number of anilines is 1. The van der Waals surface area contributed by atoms with E-state index in [2.05, 4.69) is 15.5 Å². The van der Waals surface area contributed by atoms with Crippen LogP contribution in [0.5, 0.6) is 0 Å². The van der Waals surface area contributed by atoms with Crippen molar-refractivity contribution in [1.82, 2.24) is 10.2 Å². The van der Waals surface area contributed by atoms with E-state index in [0.29, 0.717) is 28.6 Å². The lowest BCUT2D eigenvalue weighted by Crippen LogP contribution is -2.03. The fourth-order valence-corrected chi connectivity index (χ4v) is 2.91. The Morgan fingerprint density at radius 2 is 2.00 bits per heavy atom. The molecule has 0 spiro atoms. The molecule has 2 aromatic heterocycles. The largest absolute Gasteiger partial charge is 0.445 e. The summed E-state index contributed by atoms with van der Waals surface area (Å²) in [7, 11) is 0. The Morgan fingerprint density at radius 1 is 1.22 bits per heavy atom. The van der Waals surface area contributed by atoms with Crippen LogP contribution in [-0.2, 0) is 12.6 Å². The molecule has 0 atom stereocenters. The summed E-state index contributed by atoms with van der Waals surface area (Å²) in [6, 6.07) is 3.67. The molecule has 0 radical (unpaired) electrons. The Kier molecular flexibility index (Phi) is 4.08. The second-order valence-electron chi connectivity index (χ2n) is 3.29. The number of hydrogen-bond donors (Lipinski definition) is 1. The van der Waals surface area contributed by atoms with Gasteiger partial charge in [0.05, 0.1) is 4.34 Å². The maximum atomic E-state index is 12.3. The van der Waals surface area contributed by atoms with Crippen molar-refractivity contribution in [3.8, 4) is 0 Å². The number of nitrogens with one attached hydrogen (secondary N) is 1. The second-order valence-corrected chi connectivity index (χ2v) is 6.07. The van der Waals surface area contributed by atoms with Crippen LogP contribution in [0.25, 0.3) is 0 Å². The third-order valence-electron chi connectivity index (χ3n) is 1.94. The van der Waals surface area contributed by atoms with E-state index in [-0.39, 0.29) is 5.13 Å². The summed E-state index contributed by atoms with van der Waals surface area (Å²) in [5.41, 5.74) is 0. The number of hydrogen-bond acceptors (Lipinski definition) is 5. The number of aromatic nitrogens is 2. The SMILES string of the molecule is FC(F)(F)c1nnc(NCCc2ccc(Cl)s2)s1. The monoisotopic (exact) mass is 313 g/mol. The van der Waals surface area contributed by atoms with Crippen LogP contribution in [0.1, 0.15) is 9.88 Å². The highest BCUT2D eigenvalue weighted by Gasteiger charge is 2.35. The van der Waals surface area contributed by atoms with Crippen molar-refractivity contribution >= 4 is 39.4 Å². The third-order valence-corrected chi connectivity index (χ3v) is 4.16. The minimum atomic E-state index is -4.43. The minimum Gasteiger partial charge on any atom is -0.360 e. The van der Waals surface area contributed by atoms with E-state index in [4.69, 9.17) is 11.6 Å². The van der Waals surface area contributed by atoms with Gasteiger partial charge in [-0.15, -0.1) is 21.5 Å². The Hall–Kier alpha value is -0.860. The highest BCUT2D eigenvalue weighted by Crippen LogP contribution is 2.33. The van der Waals surface area contributed by atoms with E-state index in [1.807, 2.05) is 6.07 Å². The molecule has 98 valence electrons. The second kappa shape index (κ2) is 5.41. The highest BCUT2D eigenvalue weighted by atomic mass is 35.5. The number of nitrogens with zero attached hydrogens (tertiary/aromatic N) is 2. The van der Waals surface area contributed by atoms with Crippen molar-refractivity contribution in [3.05, 3.63) is 26.4 Å². The quantitative estimate of drug-likeness (QED) is 0.929. The molecule has 1 N–H and O–H groups in total. The lowest BCUT2D eigenvalue weighted by molar-refractivity contribution is -0.138. The molecule has 3 nitrogen and oxygen atoms in total. The normalized spacial score (nSPS) is 11.8. The van der Waals surface area contributed by atoms with Gasteiger partial charge < -0.3 is 5.32 Å². The first-order chi connectivity index (χ1) is 8.45. The van der Waals surface area contributed by atoms with Crippen molar-refractivity contribution < 1.29 is 13.2 Å². The first kappa shape index (κ1) is 13.6. The van der Waals surface area contributed by atoms with Gasteiger partial charge in [0.1, 0.15) is 0 Å². The van der Waals surface area contributed by atoms with Gasteiger partial charge in [0.15, 0.2) is 0 Å². The van der Waals surface area contributed by atoms with Crippen molar-refractivity contribution in [3.63, 3.8) is 0 Å². The van der Waals surface area contributed by atoms with Crippen LogP contribution in [0.15, 0.2) is 12.1 Å². The molecule has 0 bridgehead atoms. The van der Waals surface area contributed by atoms with Gasteiger partial charge in [-0.25, -0.2) is 0 Å². The van der Waals surface area contributed by atoms with E-state index in [0.717, 1.165) is 4.88 Å². The van der Waals surface area contributed by atoms with E-state index in [9.17, 15) is 13.2 Å². The van der Waals surface area contributed by atoms with E-state index >= 15 is 0 Å². The van der Waals surface area contributed by atoms with Gasteiger partial charge >= 0.3 is 6.18 Å². The summed E-state index contributed by atoms with van der Waals surface area (Å²) < 4.78 is 37.5. The topological polar surface area (TPSA) is 37.8 Å². The van der Waals surface area contributed by atoms with Crippen LogP contribution < -0.4 is 5.32 Å². The Bertz CT molecular complexity index is 523. The summed E-state index contributed by atoms with van der Waals surface area (Å²) in [5.74, 6) is 0. The van der Waals surface area contributed by atoms with Gasteiger partial charge in [-0.05, 0) is 18.6 Å². The summed E-state index contributed by atoms with van der Waals surface area (Å²) in [4.78, 5) is 1.06. The van der Waals surface area contributed by atoms with Gasteiger partial charge in [-0.1, -0.05) is 22.9 Å². The van der Waals surface area contributed by atoms with Crippen LogP contribution in [-0.4, -0.2) is 16.7 Å². The molecule has 0 saturated carbocycles. The molecule has 0 aliphatic rings. The predicted octanol–water partition coefficient (Wildman–Crippen LogP) is 3.93. The maximum absolute atomic E-state index is 12.3. The fraction of sp³-hybridized carbons (Fsp3) is 0.333. The average Bonchev–Trinajstić information content (AvgIpc) is 2.87. The predicted molar refractivity (Wildman–Crippen MR) is 66.4 cm³/mol. The van der Waals surface area contributed by atoms with Crippen LogP contribution in [0.2, 0.25) is 4.34 Å². The Morgan fingerprint density at radius 3 is 2.56 bits per heavy atom.